The van der Waals surface area contributed by atoms with Gasteiger partial charge in [0.1, 0.15) is 0 Å². The average molecular weight is 292 g/mol. The molecule has 5 heteroatoms. The Morgan fingerprint density at radius 3 is 2.44 bits per heavy atom. The second kappa shape index (κ2) is 6.23. The van der Waals surface area contributed by atoms with Gasteiger partial charge in [0, 0.05) is 12.0 Å². The fourth-order valence-corrected chi connectivity index (χ4v) is 2.83. The van der Waals surface area contributed by atoms with Crippen LogP contribution in [0.4, 0.5) is 4.79 Å². The lowest BCUT2D eigenvalue weighted by Crippen LogP contribution is -2.45. The molecule has 0 aromatic heterocycles. The number of alkyl halides is 1. The number of Topliss-reactive ketones (excluding diaryl/α,β-unsaturated/α-hetero) is 1. The molecule has 4 nitrogen and oxygen atoms in total. The molecule has 1 rings (SSSR count). The first-order chi connectivity index (χ1) is 7.64. The molecular weight excluding hydrogens is 274 g/mol. The monoisotopic (exact) mass is 291 g/mol. The summed E-state index contributed by atoms with van der Waals surface area (Å²) in [5, 5.41) is 3.01. The molecule has 0 spiro atoms. The number of hydrogen-bond acceptors (Lipinski definition) is 3. The van der Waals surface area contributed by atoms with Gasteiger partial charge in [0.25, 0.3) is 0 Å². The van der Waals surface area contributed by atoms with E-state index in [1.165, 1.54) is 13.5 Å². The minimum atomic E-state index is -0.465. The normalized spacial score (nSPS) is 18.9. The molecule has 1 N–H and O–H groups in total. The molecule has 0 heterocycles. The van der Waals surface area contributed by atoms with E-state index >= 15 is 0 Å². The number of methoxy groups -OCH3 is 1. The number of hydrogen-bond donors (Lipinski definition) is 1. The number of ketones is 1. The van der Waals surface area contributed by atoms with Gasteiger partial charge in [-0.05, 0) is 12.8 Å². The standard InChI is InChI=1S/C11H18BrNO3/c1-16-10(15)13-8-11(9(14)7-12)5-3-2-4-6-11/h2-8H2,1H3,(H,13,15). The zero-order valence-corrected chi connectivity index (χ0v) is 11.1. The molecule has 0 saturated heterocycles. The summed E-state index contributed by atoms with van der Waals surface area (Å²) in [7, 11) is 1.33. The minimum absolute atomic E-state index is 0.184. The lowest BCUT2D eigenvalue weighted by molar-refractivity contribution is -0.127. The Labute approximate surface area is 104 Å². The van der Waals surface area contributed by atoms with Gasteiger partial charge in [0.05, 0.1) is 12.4 Å². The molecule has 1 amide bonds. The molecule has 1 fully saturated rings. The smallest absolute Gasteiger partial charge is 0.406 e. The van der Waals surface area contributed by atoms with E-state index in [-0.39, 0.29) is 11.2 Å². The number of halogens is 1. The Morgan fingerprint density at radius 1 is 1.31 bits per heavy atom. The van der Waals surface area contributed by atoms with Crippen molar-refractivity contribution in [3.05, 3.63) is 0 Å². The van der Waals surface area contributed by atoms with Gasteiger partial charge < -0.3 is 10.1 Å². The Bertz CT molecular complexity index is 262. The van der Waals surface area contributed by atoms with Gasteiger partial charge in [-0.25, -0.2) is 4.79 Å². The van der Waals surface area contributed by atoms with Crippen LogP contribution in [0.1, 0.15) is 32.1 Å². The number of ether oxygens (including phenoxy) is 1. The molecule has 1 saturated carbocycles. The quantitative estimate of drug-likeness (QED) is 0.809. The predicted molar refractivity (Wildman–Crippen MR) is 64.7 cm³/mol. The van der Waals surface area contributed by atoms with Crippen molar-refractivity contribution in [1.29, 1.82) is 0 Å². The third-order valence-corrected chi connectivity index (χ3v) is 3.79. The van der Waals surface area contributed by atoms with Gasteiger partial charge in [-0.3, -0.25) is 4.79 Å². The summed E-state index contributed by atoms with van der Waals surface area (Å²) in [5.41, 5.74) is -0.379. The van der Waals surface area contributed by atoms with Gasteiger partial charge in [0.15, 0.2) is 5.78 Å². The van der Waals surface area contributed by atoms with Gasteiger partial charge in [-0.2, -0.15) is 0 Å². The van der Waals surface area contributed by atoms with E-state index in [9.17, 15) is 9.59 Å². The number of nitrogens with one attached hydrogen (secondary N) is 1. The molecular formula is C11H18BrNO3. The van der Waals surface area contributed by atoms with Crippen LogP contribution in [0.3, 0.4) is 0 Å². The highest BCUT2D eigenvalue weighted by atomic mass is 79.9. The van der Waals surface area contributed by atoms with Crippen LogP contribution in [-0.2, 0) is 9.53 Å². The highest BCUT2D eigenvalue weighted by molar-refractivity contribution is 9.09. The predicted octanol–water partition coefficient (Wildman–Crippen LogP) is 2.26. The maximum atomic E-state index is 12.0. The molecule has 16 heavy (non-hydrogen) atoms. The van der Waals surface area contributed by atoms with Crippen molar-refractivity contribution in [2.45, 2.75) is 32.1 Å². The van der Waals surface area contributed by atoms with Crippen molar-refractivity contribution in [2.24, 2.45) is 5.41 Å². The van der Waals surface area contributed by atoms with Crippen LogP contribution < -0.4 is 5.32 Å². The number of amides is 1. The summed E-state index contributed by atoms with van der Waals surface area (Å²) in [4.78, 5) is 23.0. The number of alkyl carbamates (subject to hydrolysis) is 1. The van der Waals surface area contributed by atoms with Gasteiger partial charge in [0.2, 0.25) is 0 Å². The van der Waals surface area contributed by atoms with Crippen LogP contribution in [0.5, 0.6) is 0 Å². The maximum Gasteiger partial charge on any atom is 0.406 e. The van der Waals surface area contributed by atoms with E-state index in [0.29, 0.717) is 11.9 Å². The average Bonchev–Trinajstić information content (AvgIpc) is 2.36. The number of carbonyl (C=O) groups excluding carboxylic acids is 2. The molecule has 1 aliphatic carbocycles. The largest absolute Gasteiger partial charge is 0.453 e. The van der Waals surface area contributed by atoms with Gasteiger partial charge >= 0.3 is 6.09 Å². The fourth-order valence-electron chi connectivity index (χ4n) is 2.24. The van der Waals surface area contributed by atoms with E-state index in [1.54, 1.807) is 0 Å². The first kappa shape index (κ1) is 13.5. The van der Waals surface area contributed by atoms with E-state index in [1.807, 2.05) is 0 Å². The summed E-state index contributed by atoms with van der Waals surface area (Å²) in [5.74, 6) is 0.184. The first-order valence-corrected chi connectivity index (χ1v) is 6.68. The molecule has 0 radical (unpaired) electrons. The zero-order chi connectivity index (χ0) is 12.0. The van der Waals surface area contributed by atoms with Crippen LogP contribution in [-0.4, -0.2) is 30.9 Å². The fraction of sp³-hybridized carbons (Fsp3) is 0.818. The molecule has 0 bridgehead atoms. The second-order valence-electron chi connectivity index (χ2n) is 4.24. The molecule has 0 unspecified atom stereocenters. The van der Waals surface area contributed by atoms with Crippen LogP contribution >= 0.6 is 15.9 Å². The second-order valence-corrected chi connectivity index (χ2v) is 4.80. The van der Waals surface area contributed by atoms with Gasteiger partial charge in [-0.1, -0.05) is 35.2 Å². The minimum Gasteiger partial charge on any atom is -0.453 e. The topological polar surface area (TPSA) is 55.4 Å². The van der Waals surface area contributed by atoms with Crippen LogP contribution in [0.2, 0.25) is 0 Å². The first-order valence-electron chi connectivity index (χ1n) is 5.56. The molecule has 0 aromatic carbocycles. The van der Waals surface area contributed by atoms with Gasteiger partial charge in [-0.15, -0.1) is 0 Å². The van der Waals surface area contributed by atoms with Crippen LogP contribution in [0.15, 0.2) is 0 Å². The molecule has 1 aliphatic rings. The van der Waals surface area contributed by atoms with Crippen molar-refractivity contribution in [1.82, 2.24) is 5.32 Å². The summed E-state index contributed by atoms with van der Waals surface area (Å²) >= 11 is 3.22. The van der Waals surface area contributed by atoms with Crippen molar-refractivity contribution < 1.29 is 14.3 Å². The zero-order valence-electron chi connectivity index (χ0n) is 9.55. The van der Waals surface area contributed by atoms with E-state index in [0.717, 1.165) is 25.7 Å². The van der Waals surface area contributed by atoms with Crippen molar-refractivity contribution in [3.63, 3.8) is 0 Å². The Hall–Kier alpha value is -0.580. The Kier molecular flexibility index (Phi) is 5.25. The Balaban J connectivity index is 2.63. The van der Waals surface area contributed by atoms with Crippen LogP contribution in [0, 0.1) is 5.41 Å². The van der Waals surface area contributed by atoms with E-state index < -0.39 is 6.09 Å². The summed E-state index contributed by atoms with van der Waals surface area (Å²) in [6.45, 7) is 0.393. The SMILES string of the molecule is COC(=O)NCC1(C(=O)CBr)CCCCC1. The molecule has 0 aromatic rings. The number of rotatable bonds is 4. The summed E-state index contributed by atoms with van der Waals surface area (Å²) < 4.78 is 4.53. The molecule has 92 valence electrons. The lowest BCUT2D eigenvalue weighted by atomic mass is 9.71. The van der Waals surface area contributed by atoms with E-state index in [4.69, 9.17) is 0 Å². The molecule has 0 atom stereocenters. The van der Waals surface area contributed by atoms with Crippen molar-refractivity contribution in [3.8, 4) is 0 Å². The summed E-state index contributed by atoms with van der Waals surface area (Å²) in [6.07, 6.45) is 4.55. The number of carbonyl (C=O) groups is 2. The summed E-state index contributed by atoms with van der Waals surface area (Å²) in [6, 6.07) is 0. The van der Waals surface area contributed by atoms with E-state index in [2.05, 4.69) is 26.0 Å². The maximum absolute atomic E-state index is 12.0. The molecule has 0 aliphatic heterocycles. The van der Waals surface area contributed by atoms with Crippen molar-refractivity contribution >= 4 is 27.8 Å². The van der Waals surface area contributed by atoms with Crippen LogP contribution in [0.25, 0.3) is 0 Å². The lowest BCUT2D eigenvalue weighted by Gasteiger charge is -2.35. The highest BCUT2D eigenvalue weighted by Crippen LogP contribution is 2.37. The third kappa shape index (κ3) is 3.20. The third-order valence-electron chi connectivity index (χ3n) is 3.28. The highest BCUT2D eigenvalue weighted by Gasteiger charge is 2.38. The Morgan fingerprint density at radius 2 is 1.94 bits per heavy atom. The van der Waals surface area contributed by atoms with Crippen molar-refractivity contribution in [2.75, 3.05) is 19.0 Å².